The van der Waals surface area contributed by atoms with Crippen LogP contribution in [0, 0.1) is 0 Å². The molecule has 9 nitrogen and oxygen atoms in total. The van der Waals surface area contributed by atoms with Crippen molar-refractivity contribution >= 4 is 27.7 Å². The second-order valence-electron chi connectivity index (χ2n) is 4.08. The van der Waals surface area contributed by atoms with E-state index in [0.29, 0.717) is 0 Å². The number of hydrogen-bond acceptors (Lipinski definition) is 5. The van der Waals surface area contributed by atoms with Gasteiger partial charge in [0.15, 0.2) is 0 Å². The highest BCUT2D eigenvalue weighted by atomic mass is 32.2. The van der Waals surface area contributed by atoms with Gasteiger partial charge in [-0.3, -0.25) is 0 Å². The maximum absolute atomic E-state index is 11.5. The Morgan fingerprint density at radius 1 is 1.24 bits per heavy atom. The van der Waals surface area contributed by atoms with E-state index in [1.54, 1.807) is 0 Å². The van der Waals surface area contributed by atoms with Crippen molar-refractivity contribution in [3.63, 3.8) is 0 Å². The summed E-state index contributed by atoms with van der Waals surface area (Å²) in [6, 6.07) is 2.78. The molecular weight excluding hydrogens is 302 g/mol. The lowest BCUT2D eigenvalue weighted by molar-refractivity contribution is 0.0697. The molecule has 1 aromatic rings. The monoisotopic (exact) mass is 317 g/mol. The van der Waals surface area contributed by atoms with Crippen molar-refractivity contribution in [2.24, 2.45) is 0 Å². The van der Waals surface area contributed by atoms with Gasteiger partial charge in [-0.05, 0) is 18.2 Å². The van der Waals surface area contributed by atoms with Gasteiger partial charge in [0.1, 0.15) is 5.75 Å². The molecule has 0 aliphatic carbocycles. The van der Waals surface area contributed by atoms with E-state index < -0.39 is 22.0 Å². The Balaban J connectivity index is 2.57. The van der Waals surface area contributed by atoms with Gasteiger partial charge in [0.25, 0.3) is 0 Å². The molecule has 2 amide bonds. The molecule has 0 saturated heterocycles. The molecule has 0 fully saturated rings. The lowest BCUT2D eigenvalue weighted by atomic mass is 10.1. The molecule has 10 heteroatoms. The van der Waals surface area contributed by atoms with Crippen molar-refractivity contribution in [1.29, 1.82) is 0 Å². The van der Waals surface area contributed by atoms with Crippen LogP contribution in [-0.4, -0.2) is 50.0 Å². The molecule has 5 N–H and O–H groups in total. The van der Waals surface area contributed by atoms with Gasteiger partial charge in [0.2, 0.25) is 10.0 Å². The molecule has 0 spiro atoms. The van der Waals surface area contributed by atoms with Gasteiger partial charge in [-0.1, -0.05) is 0 Å². The summed E-state index contributed by atoms with van der Waals surface area (Å²) in [5.41, 5.74) is -0.256. The summed E-state index contributed by atoms with van der Waals surface area (Å²) in [5.74, 6) is -1.55. The van der Waals surface area contributed by atoms with Crippen molar-refractivity contribution in [2.45, 2.75) is 0 Å². The van der Waals surface area contributed by atoms with Gasteiger partial charge >= 0.3 is 12.0 Å². The molecule has 0 unspecified atom stereocenters. The molecule has 0 radical (unpaired) electrons. The zero-order valence-electron chi connectivity index (χ0n) is 11.1. The SMILES string of the molecule is CS(=O)(=O)NCCNC(=O)Nc1ccc(O)cc1C(=O)O. The van der Waals surface area contributed by atoms with Crippen LogP contribution in [0.2, 0.25) is 0 Å². The minimum absolute atomic E-state index is 0.00756. The standard InChI is InChI=1S/C11H15N3O6S/c1-21(19,20)13-5-4-12-11(18)14-9-3-2-7(15)6-8(9)10(16)17/h2-3,6,13,15H,4-5H2,1H3,(H,16,17)(H2,12,14,18). The zero-order chi connectivity index (χ0) is 16.0. The van der Waals surface area contributed by atoms with Crippen molar-refractivity contribution in [3.8, 4) is 5.75 Å². The number of benzene rings is 1. The Morgan fingerprint density at radius 3 is 2.48 bits per heavy atom. The Labute approximate surface area is 121 Å². The Morgan fingerprint density at radius 2 is 1.90 bits per heavy atom. The predicted molar refractivity (Wildman–Crippen MR) is 74.9 cm³/mol. The second-order valence-corrected chi connectivity index (χ2v) is 5.92. The first kappa shape index (κ1) is 16.7. The molecule has 21 heavy (non-hydrogen) atoms. The van der Waals surface area contributed by atoms with Crippen LogP contribution in [0.3, 0.4) is 0 Å². The first-order valence-electron chi connectivity index (χ1n) is 5.75. The quantitative estimate of drug-likeness (QED) is 0.362. The van der Waals surface area contributed by atoms with Gasteiger partial charge in [-0.25, -0.2) is 22.7 Å². The van der Waals surface area contributed by atoms with E-state index in [1.807, 2.05) is 0 Å². The van der Waals surface area contributed by atoms with Crippen molar-refractivity contribution in [3.05, 3.63) is 23.8 Å². The van der Waals surface area contributed by atoms with Crippen LogP contribution in [0.5, 0.6) is 5.75 Å². The maximum Gasteiger partial charge on any atom is 0.337 e. The molecular formula is C11H15N3O6S. The largest absolute Gasteiger partial charge is 0.508 e. The molecule has 0 aromatic heterocycles. The van der Waals surface area contributed by atoms with Crippen molar-refractivity contribution in [2.75, 3.05) is 24.7 Å². The summed E-state index contributed by atoms with van der Waals surface area (Å²) in [7, 11) is -3.33. The molecule has 0 saturated carbocycles. The molecule has 0 aliphatic rings. The van der Waals surface area contributed by atoms with Crippen LogP contribution >= 0.6 is 0 Å². The second kappa shape index (κ2) is 6.90. The van der Waals surface area contributed by atoms with E-state index in [2.05, 4.69) is 15.4 Å². The summed E-state index contributed by atoms with van der Waals surface area (Å²) >= 11 is 0. The van der Waals surface area contributed by atoms with Crippen LogP contribution in [-0.2, 0) is 10.0 Å². The number of carbonyl (C=O) groups excluding carboxylic acids is 1. The van der Waals surface area contributed by atoms with E-state index in [0.717, 1.165) is 12.3 Å². The average Bonchev–Trinajstić information content (AvgIpc) is 2.35. The van der Waals surface area contributed by atoms with Crippen molar-refractivity contribution in [1.82, 2.24) is 10.0 Å². The number of sulfonamides is 1. The fourth-order valence-corrected chi connectivity index (χ4v) is 1.87. The number of carbonyl (C=O) groups is 2. The number of rotatable bonds is 6. The van der Waals surface area contributed by atoms with Crippen LogP contribution < -0.4 is 15.4 Å². The summed E-state index contributed by atoms with van der Waals surface area (Å²) in [6.45, 7) is 0.0347. The lowest BCUT2D eigenvalue weighted by Crippen LogP contribution is -2.36. The summed E-state index contributed by atoms with van der Waals surface area (Å²) < 4.78 is 23.8. The highest BCUT2D eigenvalue weighted by Crippen LogP contribution is 2.21. The number of amides is 2. The van der Waals surface area contributed by atoms with Gasteiger partial charge in [-0.2, -0.15) is 0 Å². The number of carboxylic acids is 1. The molecule has 0 bridgehead atoms. The average molecular weight is 317 g/mol. The van der Waals surface area contributed by atoms with E-state index in [-0.39, 0.29) is 30.1 Å². The number of hydrogen-bond donors (Lipinski definition) is 5. The van der Waals surface area contributed by atoms with Crippen LogP contribution in [0.1, 0.15) is 10.4 Å². The van der Waals surface area contributed by atoms with Gasteiger partial charge in [0, 0.05) is 13.1 Å². The third-order valence-corrected chi connectivity index (χ3v) is 2.99. The molecule has 0 aliphatic heterocycles. The Hall–Kier alpha value is -2.33. The number of nitrogens with one attached hydrogen (secondary N) is 3. The minimum atomic E-state index is -3.33. The number of anilines is 1. The summed E-state index contributed by atoms with van der Waals surface area (Å²) in [5, 5.41) is 22.8. The van der Waals surface area contributed by atoms with Gasteiger partial charge in [-0.15, -0.1) is 0 Å². The molecule has 0 heterocycles. The van der Waals surface area contributed by atoms with E-state index in [4.69, 9.17) is 5.11 Å². The van der Waals surface area contributed by atoms with Crippen LogP contribution in [0.15, 0.2) is 18.2 Å². The molecule has 0 atom stereocenters. The fraction of sp³-hybridized carbons (Fsp3) is 0.273. The number of phenolic OH excluding ortho intramolecular Hbond substituents is 1. The van der Waals surface area contributed by atoms with Crippen LogP contribution in [0.25, 0.3) is 0 Å². The Bertz CT molecular complexity index is 643. The highest BCUT2D eigenvalue weighted by Gasteiger charge is 2.13. The summed E-state index contributed by atoms with van der Waals surface area (Å²) in [4.78, 5) is 22.5. The first-order valence-corrected chi connectivity index (χ1v) is 7.64. The Kier molecular flexibility index (Phi) is 5.50. The third-order valence-electron chi connectivity index (χ3n) is 2.26. The smallest absolute Gasteiger partial charge is 0.337 e. The predicted octanol–water partition coefficient (Wildman–Crippen LogP) is -0.239. The van der Waals surface area contributed by atoms with E-state index >= 15 is 0 Å². The maximum atomic E-state index is 11.5. The van der Waals surface area contributed by atoms with Gasteiger partial charge in [0.05, 0.1) is 17.5 Å². The number of aromatic carboxylic acids is 1. The van der Waals surface area contributed by atoms with Crippen LogP contribution in [0.4, 0.5) is 10.5 Å². The molecule has 1 aromatic carbocycles. The number of aromatic hydroxyl groups is 1. The molecule has 116 valence electrons. The number of carboxylic acid groups (broad SMARTS) is 1. The topological polar surface area (TPSA) is 145 Å². The number of phenols is 1. The zero-order valence-corrected chi connectivity index (χ0v) is 11.9. The molecule has 1 rings (SSSR count). The normalized spacial score (nSPS) is 10.9. The highest BCUT2D eigenvalue weighted by molar-refractivity contribution is 7.88. The minimum Gasteiger partial charge on any atom is -0.508 e. The van der Waals surface area contributed by atoms with E-state index in [1.165, 1.54) is 12.1 Å². The van der Waals surface area contributed by atoms with Crippen molar-refractivity contribution < 1.29 is 28.2 Å². The van der Waals surface area contributed by atoms with E-state index in [9.17, 15) is 23.1 Å². The first-order chi connectivity index (χ1) is 9.69. The number of urea groups is 1. The van der Waals surface area contributed by atoms with Gasteiger partial charge < -0.3 is 20.8 Å². The third kappa shape index (κ3) is 6.10. The summed E-state index contributed by atoms with van der Waals surface area (Å²) in [6.07, 6.45) is 0.989. The fourth-order valence-electron chi connectivity index (χ4n) is 1.40. The lowest BCUT2D eigenvalue weighted by Gasteiger charge is -2.10.